The van der Waals surface area contributed by atoms with E-state index in [1.807, 2.05) is 0 Å². The number of esters is 1. The van der Waals surface area contributed by atoms with Crippen molar-refractivity contribution in [3.05, 3.63) is 53.3 Å². The van der Waals surface area contributed by atoms with Crippen molar-refractivity contribution in [2.24, 2.45) is 0 Å². The third-order valence-electron chi connectivity index (χ3n) is 3.44. The number of carbonyl (C=O) groups is 3. The van der Waals surface area contributed by atoms with E-state index in [9.17, 15) is 14.4 Å². The van der Waals surface area contributed by atoms with Gasteiger partial charge in [-0.25, -0.2) is 14.6 Å². The number of carbonyl (C=O) groups excluding carboxylic acids is 3. The molecular weight excluding hydrogens is 398 g/mol. The molecule has 29 heavy (non-hydrogen) atoms. The molecule has 1 heterocycles. The predicted octanol–water partition coefficient (Wildman–Crippen LogP) is 4.27. The molecule has 1 aromatic carbocycles. The van der Waals surface area contributed by atoms with Crippen molar-refractivity contribution in [2.75, 3.05) is 10.6 Å². The second-order valence-corrected chi connectivity index (χ2v) is 7.44. The average Bonchev–Trinajstić information content (AvgIpc) is 2.62. The molecule has 1 atom stereocenters. The second-order valence-electron chi connectivity index (χ2n) is 7.08. The molecule has 0 unspecified atom stereocenters. The van der Waals surface area contributed by atoms with Crippen LogP contribution in [0.1, 0.15) is 38.1 Å². The molecular formula is C20H22ClN3O5. The van der Waals surface area contributed by atoms with E-state index in [0.29, 0.717) is 11.4 Å². The summed E-state index contributed by atoms with van der Waals surface area (Å²) in [4.78, 5) is 40.0. The largest absolute Gasteiger partial charge is 0.449 e. The quantitative estimate of drug-likeness (QED) is 0.553. The van der Waals surface area contributed by atoms with Gasteiger partial charge in [0.2, 0.25) is 0 Å². The van der Waals surface area contributed by atoms with Gasteiger partial charge < -0.3 is 14.8 Å². The van der Waals surface area contributed by atoms with Crippen LogP contribution >= 0.6 is 11.6 Å². The lowest BCUT2D eigenvalue weighted by atomic mass is 10.2. The SMILES string of the molecule is C[C@@H](OC(=O)c1ccc(NC(=O)OC(C)(C)C)cc1)C(=O)Nc1cccnc1Cl. The molecule has 2 rings (SSSR count). The summed E-state index contributed by atoms with van der Waals surface area (Å²) in [6.45, 7) is 6.71. The Labute approximate surface area is 173 Å². The topological polar surface area (TPSA) is 107 Å². The van der Waals surface area contributed by atoms with Crippen LogP contribution in [-0.2, 0) is 14.3 Å². The Hall–Kier alpha value is -3.13. The van der Waals surface area contributed by atoms with E-state index in [-0.39, 0.29) is 10.7 Å². The standard InChI is InChI=1S/C20H22ClN3O5/c1-12(17(25)24-15-6-5-11-22-16(15)21)28-18(26)13-7-9-14(10-8-13)23-19(27)29-20(2,3)4/h5-12H,1-4H3,(H,23,27)(H,24,25)/t12-/m1/s1. The minimum Gasteiger partial charge on any atom is -0.449 e. The van der Waals surface area contributed by atoms with Crippen LogP contribution < -0.4 is 10.6 Å². The minimum absolute atomic E-state index is 0.132. The van der Waals surface area contributed by atoms with Crippen molar-refractivity contribution in [1.29, 1.82) is 0 Å². The van der Waals surface area contributed by atoms with Crippen LogP contribution in [0.5, 0.6) is 0 Å². The fourth-order valence-electron chi connectivity index (χ4n) is 2.11. The van der Waals surface area contributed by atoms with E-state index < -0.39 is 29.7 Å². The first kappa shape index (κ1) is 22.2. The zero-order chi connectivity index (χ0) is 21.6. The molecule has 0 aliphatic carbocycles. The van der Waals surface area contributed by atoms with Gasteiger partial charge in [-0.3, -0.25) is 10.1 Å². The van der Waals surface area contributed by atoms with Crippen LogP contribution in [0, 0.1) is 0 Å². The fraction of sp³-hybridized carbons (Fsp3) is 0.300. The third-order valence-corrected chi connectivity index (χ3v) is 3.74. The van der Waals surface area contributed by atoms with Gasteiger partial charge in [-0.1, -0.05) is 11.6 Å². The molecule has 0 fully saturated rings. The number of ether oxygens (including phenoxy) is 2. The molecule has 0 bridgehead atoms. The summed E-state index contributed by atoms with van der Waals surface area (Å²) < 4.78 is 10.3. The molecule has 0 saturated heterocycles. The predicted molar refractivity (Wildman–Crippen MR) is 109 cm³/mol. The van der Waals surface area contributed by atoms with E-state index in [1.165, 1.54) is 37.4 Å². The summed E-state index contributed by atoms with van der Waals surface area (Å²) in [6, 6.07) is 9.19. The molecule has 154 valence electrons. The van der Waals surface area contributed by atoms with Gasteiger partial charge >= 0.3 is 12.1 Å². The van der Waals surface area contributed by atoms with E-state index in [4.69, 9.17) is 21.1 Å². The van der Waals surface area contributed by atoms with E-state index in [2.05, 4.69) is 15.6 Å². The normalized spacial score (nSPS) is 11.9. The summed E-state index contributed by atoms with van der Waals surface area (Å²) in [5.74, 6) is -1.23. The molecule has 0 spiro atoms. The molecule has 0 saturated carbocycles. The number of rotatable bonds is 5. The first-order valence-electron chi connectivity index (χ1n) is 8.77. The summed E-state index contributed by atoms with van der Waals surface area (Å²) in [5, 5.41) is 5.24. The van der Waals surface area contributed by atoms with Crippen LogP contribution in [0.25, 0.3) is 0 Å². The molecule has 2 N–H and O–H groups in total. The fourth-order valence-corrected chi connectivity index (χ4v) is 2.27. The Morgan fingerprint density at radius 3 is 2.31 bits per heavy atom. The first-order chi connectivity index (χ1) is 13.5. The Morgan fingerprint density at radius 2 is 1.72 bits per heavy atom. The van der Waals surface area contributed by atoms with Crippen molar-refractivity contribution < 1.29 is 23.9 Å². The van der Waals surface area contributed by atoms with Gasteiger partial charge in [0.1, 0.15) is 5.60 Å². The Kier molecular flexibility index (Phi) is 7.17. The Bertz CT molecular complexity index is 894. The lowest BCUT2D eigenvalue weighted by Crippen LogP contribution is -2.30. The number of pyridine rings is 1. The van der Waals surface area contributed by atoms with Crippen molar-refractivity contribution in [1.82, 2.24) is 4.98 Å². The number of nitrogens with zero attached hydrogens (tertiary/aromatic N) is 1. The number of halogens is 1. The van der Waals surface area contributed by atoms with Crippen molar-refractivity contribution in [2.45, 2.75) is 39.4 Å². The van der Waals surface area contributed by atoms with Gasteiger partial charge in [0.25, 0.3) is 5.91 Å². The number of amides is 2. The third kappa shape index (κ3) is 7.08. The number of aromatic nitrogens is 1. The lowest BCUT2D eigenvalue weighted by molar-refractivity contribution is -0.123. The lowest BCUT2D eigenvalue weighted by Gasteiger charge is -2.19. The highest BCUT2D eigenvalue weighted by molar-refractivity contribution is 6.32. The van der Waals surface area contributed by atoms with Crippen LogP contribution in [0.2, 0.25) is 5.15 Å². The number of benzene rings is 1. The maximum atomic E-state index is 12.2. The summed E-state index contributed by atoms with van der Waals surface area (Å²) in [6.07, 6.45) is -0.173. The summed E-state index contributed by atoms with van der Waals surface area (Å²) in [7, 11) is 0. The van der Waals surface area contributed by atoms with Gasteiger partial charge in [-0.15, -0.1) is 0 Å². The maximum Gasteiger partial charge on any atom is 0.412 e. The highest BCUT2D eigenvalue weighted by Crippen LogP contribution is 2.18. The Morgan fingerprint density at radius 1 is 1.07 bits per heavy atom. The zero-order valence-electron chi connectivity index (χ0n) is 16.5. The molecule has 0 aliphatic heterocycles. The van der Waals surface area contributed by atoms with Crippen LogP contribution in [0.3, 0.4) is 0 Å². The monoisotopic (exact) mass is 419 g/mol. The van der Waals surface area contributed by atoms with E-state index in [0.717, 1.165) is 0 Å². The molecule has 8 nitrogen and oxygen atoms in total. The average molecular weight is 420 g/mol. The van der Waals surface area contributed by atoms with E-state index >= 15 is 0 Å². The molecule has 2 aromatic rings. The highest BCUT2D eigenvalue weighted by atomic mass is 35.5. The first-order valence-corrected chi connectivity index (χ1v) is 9.15. The number of anilines is 2. The smallest absolute Gasteiger partial charge is 0.412 e. The zero-order valence-corrected chi connectivity index (χ0v) is 17.2. The van der Waals surface area contributed by atoms with Gasteiger partial charge in [-0.05, 0) is 64.1 Å². The molecule has 9 heteroatoms. The van der Waals surface area contributed by atoms with Crippen LogP contribution in [0.15, 0.2) is 42.6 Å². The molecule has 0 radical (unpaired) electrons. The maximum absolute atomic E-state index is 12.2. The molecule has 2 amide bonds. The van der Waals surface area contributed by atoms with Crippen molar-refractivity contribution in [3.63, 3.8) is 0 Å². The van der Waals surface area contributed by atoms with Crippen LogP contribution in [-0.4, -0.2) is 34.7 Å². The second kappa shape index (κ2) is 9.38. The summed E-state index contributed by atoms with van der Waals surface area (Å²) >= 11 is 5.89. The number of nitrogens with one attached hydrogen (secondary N) is 2. The van der Waals surface area contributed by atoms with Gasteiger partial charge in [0.05, 0.1) is 11.3 Å². The van der Waals surface area contributed by atoms with Gasteiger partial charge in [0, 0.05) is 11.9 Å². The molecule has 1 aromatic heterocycles. The molecule has 0 aliphatic rings. The van der Waals surface area contributed by atoms with Crippen molar-refractivity contribution in [3.8, 4) is 0 Å². The van der Waals surface area contributed by atoms with Crippen LogP contribution in [0.4, 0.5) is 16.2 Å². The van der Waals surface area contributed by atoms with E-state index in [1.54, 1.807) is 32.9 Å². The van der Waals surface area contributed by atoms with Gasteiger partial charge in [-0.2, -0.15) is 0 Å². The number of hydrogen-bond donors (Lipinski definition) is 2. The summed E-state index contributed by atoms with van der Waals surface area (Å²) in [5.41, 5.74) is 0.371. The minimum atomic E-state index is -1.06. The van der Waals surface area contributed by atoms with Gasteiger partial charge in [0.15, 0.2) is 11.3 Å². The Balaban J connectivity index is 1.92. The van der Waals surface area contributed by atoms with Crippen molar-refractivity contribution >= 4 is 40.9 Å². The number of hydrogen-bond acceptors (Lipinski definition) is 6. The highest BCUT2D eigenvalue weighted by Gasteiger charge is 2.20.